The number of hydrogen-bond donors (Lipinski definition) is 0. The summed E-state index contributed by atoms with van der Waals surface area (Å²) in [6, 6.07) is 0. The summed E-state index contributed by atoms with van der Waals surface area (Å²) in [6.45, 7) is 7.17. The van der Waals surface area contributed by atoms with E-state index in [1.54, 1.807) is 29.9 Å². The highest BCUT2D eigenvalue weighted by atomic mass is 35.5. The Morgan fingerprint density at radius 3 is 2.52 bits per heavy atom. The first kappa shape index (κ1) is 15.6. The third kappa shape index (κ3) is 2.81. The number of aromatic nitrogens is 4. The van der Waals surface area contributed by atoms with Crippen molar-refractivity contribution < 1.29 is 4.79 Å². The molecule has 0 radical (unpaired) electrons. The molecule has 0 saturated carbocycles. The molecule has 2 aromatic heterocycles. The van der Waals surface area contributed by atoms with Gasteiger partial charge in [-0.1, -0.05) is 11.6 Å². The lowest BCUT2D eigenvalue weighted by Gasteiger charge is -2.16. The van der Waals surface area contributed by atoms with Crippen LogP contribution in [-0.4, -0.2) is 37.4 Å². The Bertz CT molecular complexity index is 673. The third-order valence-corrected chi connectivity index (χ3v) is 4.17. The summed E-state index contributed by atoms with van der Waals surface area (Å²) < 4.78 is 3.52. The van der Waals surface area contributed by atoms with E-state index in [2.05, 4.69) is 10.2 Å². The molecule has 21 heavy (non-hydrogen) atoms. The second kappa shape index (κ2) is 5.89. The van der Waals surface area contributed by atoms with E-state index < -0.39 is 0 Å². The van der Waals surface area contributed by atoms with Crippen LogP contribution in [-0.2, 0) is 20.1 Å². The highest BCUT2D eigenvalue weighted by Gasteiger charge is 2.22. The monoisotopic (exact) mass is 309 g/mol. The molecule has 0 spiro atoms. The van der Waals surface area contributed by atoms with Crippen molar-refractivity contribution in [1.82, 2.24) is 24.5 Å². The minimum atomic E-state index is -0.188. The van der Waals surface area contributed by atoms with Crippen LogP contribution in [0.1, 0.15) is 34.4 Å². The summed E-state index contributed by atoms with van der Waals surface area (Å²) >= 11 is 6.17. The Morgan fingerprint density at radius 1 is 1.38 bits per heavy atom. The van der Waals surface area contributed by atoms with Gasteiger partial charge in [-0.2, -0.15) is 10.2 Å². The molecule has 2 heterocycles. The first-order valence-corrected chi connectivity index (χ1v) is 7.20. The smallest absolute Gasteiger partial charge is 0.275 e. The van der Waals surface area contributed by atoms with Crippen LogP contribution in [0, 0.1) is 13.8 Å². The van der Waals surface area contributed by atoms with Gasteiger partial charge < -0.3 is 4.90 Å². The van der Waals surface area contributed by atoms with E-state index in [1.165, 1.54) is 0 Å². The zero-order valence-electron chi connectivity index (χ0n) is 13.0. The van der Waals surface area contributed by atoms with E-state index in [0.717, 1.165) is 23.5 Å². The van der Waals surface area contributed by atoms with E-state index in [1.807, 2.05) is 25.5 Å². The number of halogens is 1. The van der Waals surface area contributed by atoms with Crippen LogP contribution in [0.5, 0.6) is 0 Å². The van der Waals surface area contributed by atoms with E-state index in [9.17, 15) is 4.79 Å². The quantitative estimate of drug-likeness (QED) is 0.870. The first-order valence-electron chi connectivity index (χ1n) is 6.82. The molecule has 7 heteroatoms. The first-order chi connectivity index (χ1) is 9.86. The van der Waals surface area contributed by atoms with Crippen molar-refractivity contribution in [2.24, 2.45) is 7.05 Å². The number of carbonyl (C=O) groups excluding carboxylic acids is 1. The van der Waals surface area contributed by atoms with Gasteiger partial charge in [0.25, 0.3) is 5.91 Å². The van der Waals surface area contributed by atoms with Gasteiger partial charge in [0.1, 0.15) is 0 Å². The Labute approximate surface area is 129 Å². The van der Waals surface area contributed by atoms with Gasteiger partial charge >= 0.3 is 0 Å². The number of rotatable bonds is 4. The molecule has 2 rings (SSSR count). The largest absolute Gasteiger partial charge is 0.336 e. The number of amides is 1. The summed E-state index contributed by atoms with van der Waals surface area (Å²) in [7, 11) is 3.51. The molecule has 1 amide bonds. The predicted octanol–water partition coefficient (Wildman–Crippen LogP) is 2.18. The maximum absolute atomic E-state index is 12.5. The van der Waals surface area contributed by atoms with E-state index in [-0.39, 0.29) is 5.91 Å². The van der Waals surface area contributed by atoms with Crippen molar-refractivity contribution in [2.45, 2.75) is 33.9 Å². The third-order valence-electron chi connectivity index (χ3n) is 3.72. The lowest BCUT2D eigenvalue weighted by molar-refractivity contribution is 0.0778. The fraction of sp³-hybridized carbons (Fsp3) is 0.500. The van der Waals surface area contributed by atoms with E-state index >= 15 is 0 Å². The van der Waals surface area contributed by atoms with Crippen molar-refractivity contribution in [3.63, 3.8) is 0 Å². The zero-order chi connectivity index (χ0) is 15.7. The van der Waals surface area contributed by atoms with Gasteiger partial charge in [0.15, 0.2) is 5.69 Å². The second-order valence-corrected chi connectivity index (χ2v) is 5.48. The minimum Gasteiger partial charge on any atom is -0.336 e. The zero-order valence-corrected chi connectivity index (χ0v) is 13.8. The number of nitrogens with zero attached hydrogens (tertiary/aromatic N) is 5. The van der Waals surface area contributed by atoms with Crippen LogP contribution in [0.15, 0.2) is 6.20 Å². The lowest BCUT2D eigenvalue weighted by Crippen LogP contribution is -2.27. The van der Waals surface area contributed by atoms with Gasteiger partial charge in [-0.15, -0.1) is 0 Å². The van der Waals surface area contributed by atoms with Crippen molar-refractivity contribution in [2.75, 3.05) is 7.05 Å². The second-order valence-electron chi connectivity index (χ2n) is 5.10. The average molecular weight is 310 g/mol. The molecule has 2 aromatic rings. The summed E-state index contributed by atoms with van der Waals surface area (Å²) in [5.74, 6) is -0.188. The number of carbonyl (C=O) groups is 1. The van der Waals surface area contributed by atoms with Gasteiger partial charge in [0.05, 0.1) is 16.9 Å². The number of aryl methyl sites for hydroxylation is 2. The molecule has 6 nitrogen and oxygen atoms in total. The molecule has 0 bridgehead atoms. The maximum Gasteiger partial charge on any atom is 0.275 e. The molecule has 0 saturated heterocycles. The molecule has 0 fully saturated rings. The van der Waals surface area contributed by atoms with E-state index in [0.29, 0.717) is 17.3 Å². The Kier molecular flexibility index (Phi) is 4.37. The molecular weight excluding hydrogens is 290 g/mol. The van der Waals surface area contributed by atoms with Crippen LogP contribution in [0.4, 0.5) is 0 Å². The molecule has 0 N–H and O–H groups in total. The Balaban J connectivity index is 2.19. The number of hydrogen-bond acceptors (Lipinski definition) is 3. The van der Waals surface area contributed by atoms with Crippen LogP contribution in [0.25, 0.3) is 0 Å². The summed E-state index contributed by atoms with van der Waals surface area (Å²) in [5, 5.41) is 8.89. The SMILES string of the molecule is CCn1ncc(CN(C)C(=O)c2nn(C)c(C)c2Cl)c1C. The molecule has 114 valence electrons. The standard InChI is InChI=1S/C14H20ClN5O/c1-6-20-9(2)11(7-16-20)8-18(4)14(21)13-12(15)10(3)19(5)17-13/h7H,6,8H2,1-5H3. The maximum atomic E-state index is 12.5. The van der Waals surface area contributed by atoms with Crippen molar-refractivity contribution in [3.05, 3.63) is 33.9 Å². The van der Waals surface area contributed by atoms with Crippen LogP contribution in [0.3, 0.4) is 0 Å². The molecule has 0 aliphatic rings. The predicted molar refractivity (Wildman–Crippen MR) is 81.4 cm³/mol. The molecular formula is C14H20ClN5O. The summed E-state index contributed by atoms with van der Waals surface area (Å²) in [6.07, 6.45) is 1.80. The molecule has 0 atom stereocenters. The Morgan fingerprint density at radius 2 is 2.05 bits per heavy atom. The van der Waals surface area contributed by atoms with Gasteiger partial charge in [-0.3, -0.25) is 14.2 Å². The minimum absolute atomic E-state index is 0.188. The normalized spacial score (nSPS) is 11.0. The summed E-state index contributed by atoms with van der Waals surface area (Å²) in [5.41, 5.74) is 3.17. The highest BCUT2D eigenvalue weighted by Crippen LogP contribution is 2.21. The van der Waals surface area contributed by atoms with Gasteiger partial charge in [0.2, 0.25) is 0 Å². The lowest BCUT2D eigenvalue weighted by atomic mass is 10.2. The Hall–Kier alpha value is -1.82. The van der Waals surface area contributed by atoms with Crippen molar-refractivity contribution in [3.8, 4) is 0 Å². The summed E-state index contributed by atoms with van der Waals surface area (Å²) in [4.78, 5) is 14.1. The highest BCUT2D eigenvalue weighted by molar-refractivity contribution is 6.34. The van der Waals surface area contributed by atoms with Crippen molar-refractivity contribution in [1.29, 1.82) is 0 Å². The van der Waals surface area contributed by atoms with Gasteiger partial charge in [0, 0.05) is 38.4 Å². The van der Waals surface area contributed by atoms with Gasteiger partial charge in [-0.05, 0) is 20.8 Å². The topological polar surface area (TPSA) is 56.0 Å². The van der Waals surface area contributed by atoms with Crippen LogP contribution >= 0.6 is 11.6 Å². The van der Waals surface area contributed by atoms with Crippen LogP contribution < -0.4 is 0 Å². The fourth-order valence-corrected chi connectivity index (χ4v) is 2.43. The average Bonchev–Trinajstić information content (AvgIpc) is 2.93. The molecule has 0 aromatic carbocycles. The fourth-order valence-electron chi connectivity index (χ4n) is 2.19. The van der Waals surface area contributed by atoms with Crippen molar-refractivity contribution >= 4 is 17.5 Å². The molecule has 0 aliphatic heterocycles. The van der Waals surface area contributed by atoms with Crippen LogP contribution in [0.2, 0.25) is 5.02 Å². The van der Waals surface area contributed by atoms with E-state index in [4.69, 9.17) is 11.6 Å². The van der Waals surface area contributed by atoms with Gasteiger partial charge in [-0.25, -0.2) is 0 Å². The molecule has 0 unspecified atom stereocenters. The molecule has 0 aliphatic carbocycles.